The molecule has 2 aliphatic rings. The van der Waals surface area contributed by atoms with Gasteiger partial charge in [-0.2, -0.15) is 0 Å². The summed E-state index contributed by atoms with van der Waals surface area (Å²) in [6.07, 6.45) is 1.59. The second-order valence-electron chi connectivity index (χ2n) is 6.47. The molecule has 0 spiro atoms. The highest BCUT2D eigenvalue weighted by Gasteiger charge is 2.35. The van der Waals surface area contributed by atoms with E-state index in [0.717, 1.165) is 38.0 Å². The Morgan fingerprint density at radius 1 is 1.43 bits per heavy atom. The summed E-state index contributed by atoms with van der Waals surface area (Å²) >= 11 is 0. The lowest BCUT2D eigenvalue weighted by atomic mass is 10.1. The molecule has 1 saturated heterocycles. The number of rotatable bonds is 3. The highest BCUT2D eigenvalue weighted by Crippen LogP contribution is 2.34. The van der Waals surface area contributed by atoms with Crippen LogP contribution in [0.1, 0.15) is 30.6 Å². The van der Waals surface area contributed by atoms with Crippen LogP contribution < -0.4 is 0 Å². The van der Waals surface area contributed by atoms with Gasteiger partial charge in [0, 0.05) is 32.6 Å². The number of amides is 1. The Morgan fingerprint density at radius 3 is 2.86 bits per heavy atom. The summed E-state index contributed by atoms with van der Waals surface area (Å²) < 4.78 is 0. The summed E-state index contributed by atoms with van der Waals surface area (Å²) in [7, 11) is 2.09. The minimum absolute atomic E-state index is 0.161. The van der Waals surface area contributed by atoms with E-state index in [1.165, 1.54) is 5.56 Å². The number of benzene rings is 1. The first-order valence-corrected chi connectivity index (χ1v) is 7.78. The average Bonchev–Trinajstić information content (AvgIpc) is 3.05. The van der Waals surface area contributed by atoms with E-state index in [0.29, 0.717) is 5.92 Å². The molecule has 114 valence electrons. The number of hydrogen-bond acceptors (Lipinski definition) is 3. The maximum Gasteiger partial charge on any atom is 0.219 e. The molecular weight excluding hydrogens is 264 g/mol. The van der Waals surface area contributed by atoms with Crippen LogP contribution in [0.4, 0.5) is 0 Å². The molecule has 1 N–H and O–H groups in total. The standard InChI is InChI=1S/C17H24N2O2/c1-12(20)19-8-7-13(11-19)10-18(2)16-9-14-5-3-4-6-15(14)17(16)21/h3-6,13,16-17,21H,7-11H2,1-2H3. The van der Waals surface area contributed by atoms with Gasteiger partial charge in [0.15, 0.2) is 0 Å². The van der Waals surface area contributed by atoms with E-state index in [-0.39, 0.29) is 11.9 Å². The van der Waals surface area contributed by atoms with Crippen LogP contribution in [0.5, 0.6) is 0 Å². The Bertz CT molecular complexity index is 531. The molecule has 0 aromatic heterocycles. The molecule has 4 heteroatoms. The van der Waals surface area contributed by atoms with Crippen molar-refractivity contribution < 1.29 is 9.90 Å². The van der Waals surface area contributed by atoms with Crippen molar-refractivity contribution in [1.29, 1.82) is 0 Å². The Hall–Kier alpha value is -1.39. The maximum absolute atomic E-state index is 11.4. The molecule has 3 rings (SSSR count). The van der Waals surface area contributed by atoms with Crippen molar-refractivity contribution in [1.82, 2.24) is 9.80 Å². The van der Waals surface area contributed by atoms with Crippen molar-refractivity contribution in [3.63, 3.8) is 0 Å². The first-order valence-electron chi connectivity index (χ1n) is 7.78. The molecule has 0 saturated carbocycles. The molecule has 1 aromatic carbocycles. The van der Waals surface area contributed by atoms with E-state index in [4.69, 9.17) is 0 Å². The number of aliphatic hydroxyl groups is 1. The van der Waals surface area contributed by atoms with E-state index < -0.39 is 6.10 Å². The predicted octanol–water partition coefficient (Wildman–Crippen LogP) is 1.44. The number of likely N-dealkylation sites (N-methyl/N-ethyl adjacent to an activating group) is 1. The molecule has 1 aliphatic heterocycles. The molecule has 1 aliphatic carbocycles. The van der Waals surface area contributed by atoms with Gasteiger partial charge >= 0.3 is 0 Å². The molecule has 1 aromatic rings. The number of fused-ring (bicyclic) bond motifs is 1. The van der Waals surface area contributed by atoms with Crippen LogP contribution >= 0.6 is 0 Å². The fourth-order valence-electron chi connectivity index (χ4n) is 3.76. The van der Waals surface area contributed by atoms with Gasteiger partial charge in [-0.1, -0.05) is 24.3 Å². The van der Waals surface area contributed by atoms with Gasteiger partial charge in [-0.25, -0.2) is 0 Å². The third-order valence-corrected chi connectivity index (χ3v) is 5.01. The zero-order chi connectivity index (χ0) is 15.0. The lowest BCUT2D eigenvalue weighted by Gasteiger charge is -2.29. The highest BCUT2D eigenvalue weighted by atomic mass is 16.3. The molecule has 1 fully saturated rings. The quantitative estimate of drug-likeness (QED) is 0.915. The summed E-state index contributed by atoms with van der Waals surface area (Å²) in [5.74, 6) is 0.697. The second kappa shape index (κ2) is 5.78. The van der Waals surface area contributed by atoms with Crippen molar-refractivity contribution in [3.8, 4) is 0 Å². The summed E-state index contributed by atoms with van der Waals surface area (Å²) in [5.41, 5.74) is 2.34. The summed E-state index contributed by atoms with van der Waals surface area (Å²) in [5, 5.41) is 10.5. The third-order valence-electron chi connectivity index (χ3n) is 5.01. The van der Waals surface area contributed by atoms with Crippen LogP contribution in [0.3, 0.4) is 0 Å². The van der Waals surface area contributed by atoms with Gasteiger partial charge in [0.05, 0.1) is 6.10 Å². The van der Waals surface area contributed by atoms with Crippen molar-refractivity contribution in [3.05, 3.63) is 35.4 Å². The van der Waals surface area contributed by atoms with E-state index in [1.54, 1.807) is 6.92 Å². The van der Waals surface area contributed by atoms with Crippen molar-refractivity contribution >= 4 is 5.91 Å². The van der Waals surface area contributed by atoms with Crippen molar-refractivity contribution in [2.45, 2.75) is 31.9 Å². The van der Waals surface area contributed by atoms with Crippen molar-refractivity contribution in [2.75, 3.05) is 26.7 Å². The molecule has 0 radical (unpaired) electrons. The largest absolute Gasteiger partial charge is 0.387 e. The van der Waals surface area contributed by atoms with E-state index >= 15 is 0 Å². The molecule has 3 atom stereocenters. The minimum atomic E-state index is -0.392. The topological polar surface area (TPSA) is 43.8 Å². The number of likely N-dealkylation sites (tertiary alicyclic amines) is 1. The molecule has 0 bridgehead atoms. The molecule has 3 unspecified atom stereocenters. The Kier molecular flexibility index (Phi) is 4.00. The van der Waals surface area contributed by atoms with Gasteiger partial charge in [0.1, 0.15) is 0 Å². The molecule has 1 amide bonds. The van der Waals surface area contributed by atoms with Crippen LogP contribution in [0, 0.1) is 5.92 Å². The first-order chi connectivity index (χ1) is 10.1. The zero-order valence-electron chi connectivity index (χ0n) is 12.8. The van der Waals surface area contributed by atoms with Gasteiger partial charge in [-0.05, 0) is 36.9 Å². The minimum Gasteiger partial charge on any atom is -0.387 e. The summed E-state index contributed by atoms with van der Waals surface area (Å²) in [4.78, 5) is 15.6. The summed E-state index contributed by atoms with van der Waals surface area (Å²) in [6.45, 7) is 4.32. The molecule has 21 heavy (non-hydrogen) atoms. The van der Waals surface area contributed by atoms with Crippen LogP contribution in [0.15, 0.2) is 24.3 Å². The van der Waals surface area contributed by atoms with E-state index in [2.05, 4.69) is 18.0 Å². The fourth-order valence-corrected chi connectivity index (χ4v) is 3.76. The SMILES string of the molecule is CC(=O)N1CCC(CN(C)C2Cc3ccccc3C2O)C1. The van der Waals surface area contributed by atoms with Gasteiger partial charge < -0.3 is 10.0 Å². The van der Waals surface area contributed by atoms with Crippen molar-refractivity contribution in [2.24, 2.45) is 5.92 Å². The monoisotopic (exact) mass is 288 g/mol. The Labute approximate surface area is 126 Å². The van der Waals surface area contributed by atoms with Crippen LogP contribution in [-0.2, 0) is 11.2 Å². The van der Waals surface area contributed by atoms with Gasteiger partial charge in [-0.3, -0.25) is 9.69 Å². The van der Waals surface area contributed by atoms with Crippen LogP contribution in [-0.4, -0.2) is 53.5 Å². The first kappa shape index (κ1) is 14.5. The van der Waals surface area contributed by atoms with Crippen LogP contribution in [0.2, 0.25) is 0 Å². The number of hydrogen-bond donors (Lipinski definition) is 1. The third kappa shape index (κ3) is 2.83. The number of carbonyl (C=O) groups is 1. The molecular formula is C17H24N2O2. The Morgan fingerprint density at radius 2 is 2.19 bits per heavy atom. The zero-order valence-corrected chi connectivity index (χ0v) is 12.8. The summed E-state index contributed by atoms with van der Waals surface area (Å²) in [6, 6.07) is 8.33. The fraction of sp³-hybridized carbons (Fsp3) is 0.588. The second-order valence-corrected chi connectivity index (χ2v) is 6.47. The lowest BCUT2D eigenvalue weighted by molar-refractivity contribution is -0.127. The number of aliphatic hydroxyl groups excluding tert-OH is 1. The van der Waals surface area contributed by atoms with Gasteiger partial charge in [0.2, 0.25) is 5.91 Å². The number of nitrogens with zero attached hydrogens (tertiary/aromatic N) is 2. The molecule has 4 nitrogen and oxygen atoms in total. The van der Waals surface area contributed by atoms with Gasteiger partial charge in [0.25, 0.3) is 0 Å². The smallest absolute Gasteiger partial charge is 0.219 e. The lowest BCUT2D eigenvalue weighted by Crippen LogP contribution is -2.39. The normalized spacial score (nSPS) is 28.2. The number of carbonyl (C=O) groups excluding carboxylic acids is 1. The van der Waals surface area contributed by atoms with E-state index in [9.17, 15) is 9.90 Å². The highest BCUT2D eigenvalue weighted by molar-refractivity contribution is 5.73. The van der Waals surface area contributed by atoms with Crippen LogP contribution in [0.25, 0.3) is 0 Å². The molecule has 1 heterocycles. The average molecular weight is 288 g/mol. The maximum atomic E-state index is 11.4. The van der Waals surface area contributed by atoms with Gasteiger partial charge in [-0.15, -0.1) is 0 Å². The predicted molar refractivity (Wildman–Crippen MR) is 81.9 cm³/mol. The van der Waals surface area contributed by atoms with E-state index in [1.807, 2.05) is 23.1 Å². The Balaban J connectivity index is 1.60.